The summed E-state index contributed by atoms with van der Waals surface area (Å²) in [5, 5.41) is 22.1. The largest absolute Gasteiger partial charge is 1.00 e. The molecule has 6 aromatic rings. The van der Waals surface area contributed by atoms with Gasteiger partial charge < -0.3 is 76.6 Å². The first kappa shape index (κ1) is 105. The molecule has 125 heavy (non-hydrogen) atoms. The monoisotopic (exact) mass is 1790 g/mol. The fraction of sp³-hybridized carbons (Fsp3) is 0.558. The number of likely N-dealkylation sites (N-methyl/N-ethyl adjacent to an activating group) is 3. The maximum Gasteiger partial charge on any atom is 1.00 e. The van der Waals surface area contributed by atoms with Gasteiger partial charge in [0, 0.05) is 146 Å². The molecule has 14 rings (SSSR count). The summed E-state index contributed by atoms with van der Waals surface area (Å²) >= 11 is 3.44. The number of benzene rings is 4. The summed E-state index contributed by atoms with van der Waals surface area (Å²) in [7, 11) is 8.74. The summed E-state index contributed by atoms with van der Waals surface area (Å²) in [5.41, 5.74) is 12.1. The second-order valence-electron chi connectivity index (χ2n) is 36.4. The number of aliphatic imine (C=N–C) groups is 2. The number of aryl methyl sites for hydroxylation is 2. The van der Waals surface area contributed by atoms with Crippen LogP contribution in [0.3, 0.4) is 0 Å². The minimum absolute atomic E-state index is 0. The number of nitrogens with zero attached hydrogens (tertiary/aromatic N) is 12. The number of aromatic nitrogens is 2. The van der Waals surface area contributed by atoms with E-state index < -0.39 is 47.1 Å². The van der Waals surface area contributed by atoms with Gasteiger partial charge in [-0.25, -0.2) is 24.4 Å². The van der Waals surface area contributed by atoms with Crippen LogP contribution in [0, 0.1) is 37.5 Å². The molecule has 5 amide bonds. The molecule has 6 atom stereocenters. The number of aliphatic carboxylic acids is 1. The van der Waals surface area contributed by atoms with Gasteiger partial charge in [-0.1, -0.05) is 98.6 Å². The number of nitrogens with one attached hydrogen (secondary N) is 5. The molecular formula is C95H141BBrN17NaO10. The van der Waals surface area contributed by atoms with Crippen molar-refractivity contribution in [2.24, 2.45) is 33.7 Å². The molecule has 0 spiro atoms. The number of carbonyl (C=O) groups excluding carboxylic acids is 5. The maximum absolute atomic E-state index is 13.4. The SMILES string of the molecule is CC1CCC(c2ccc(Br)cc2)=NC1.CC1CCC(c2ccc(N3CCN(C)CC3)cc2)=NC1.CN1CCCCC1.C[C@H]1CC[C@H](c2ccc(N3CCN(C)CC3)cc2)NC1.Cc1cc(NC(=O)C(=O)N2C[C@@H](C)CC[C@@H]2c2ccc(N3CCN(C)CC3)cc2)cnc1NC(=O)OC(C)(C)C.Cc1cc(NC(=O)C(=O)O)cnc1NC(=O)OC(C)(C)C.O.[B].[H-].[Na+]. The van der Waals surface area contributed by atoms with E-state index in [0.29, 0.717) is 41.1 Å². The zero-order valence-corrected chi connectivity index (χ0v) is 81.1. The first-order valence-corrected chi connectivity index (χ1v) is 44.8. The zero-order valence-electron chi connectivity index (χ0n) is 78.6. The van der Waals surface area contributed by atoms with Crippen LogP contribution in [0.2, 0.25) is 0 Å². The van der Waals surface area contributed by atoms with Crippen LogP contribution in [0.1, 0.15) is 187 Å². The number of likely N-dealkylation sites (tertiary alicyclic amines) is 2. The van der Waals surface area contributed by atoms with Crippen molar-refractivity contribution < 1.29 is 79.8 Å². The van der Waals surface area contributed by atoms with Crippen LogP contribution in [0.4, 0.5) is 49.7 Å². The van der Waals surface area contributed by atoms with Crippen molar-refractivity contribution in [2.75, 3.05) is 182 Å². The van der Waals surface area contributed by atoms with Crippen LogP contribution < -0.4 is 70.8 Å². The molecule has 0 saturated carbocycles. The van der Waals surface area contributed by atoms with E-state index >= 15 is 0 Å². The number of hydrogen-bond donors (Lipinski definition) is 6. The molecule has 3 radical (unpaired) electrons. The number of piperazine rings is 3. The van der Waals surface area contributed by atoms with E-state index in [1.807, 2.05) is 0 Å². The number of carboxylic acids is 1. The summed E-state index contributed by atoms with van der Waals surface area (Å²) in [5.74, 6) is -0.794. The first-order valence-electron chi connectivity index (χ1n) is 44.0. The Kier molecular flexibility index (Phi) is 43.5. The van der Waals surface area contributed by atoms with Gasteiger partial charge in [-0.05, 0) is 285 Å². The Bertz CT molecular complexity index is 4370. The summed E-state index contributed by atoms with van der Waals surface area (Å²) in [6, 6.07) is 38.7. The molecular weight excluding hydrogens is 1650 g/mol. The van der Waals surface area contributed by atoms with Gasteiger partial charge in [-0.3, -0.25) is 35.0 Å². The molecule has 0 bridgehead atoms. The van der Waals surface area contributed by atoms with Crippen molar-refractivity contribution in [1.82, 2.24) is 39.8 Å². The van der Waals surface area contributed by atoms with Gasteiger partial charge >= 0.3 is 65.4 Å². The Morgan fingerprint density at radius 3 is 1.22 bits per heavy atom. The molecule has 8 aliphatic rings. The van der Waals surface area contributed by atoms with E-state index in [-0.39, 0.29) is 62.4 Å². The number of rotatable bonds is 11. The molecule has 27 nitrogen and oxygen atoms in total. The number of pyridine rings is 2. The minimum atomic E-state index is -1.59. The van der Waals surface area contributed by atoms with Crippen LogP contribution in [-0.2, 0) is 28.7 Å². The van der Waals surface area contributed by atoms with E-state index in [9.17, 15) is 28.8 Å². The maximum atomic E-state index is 13.4. The van der Waals surface area contributed by atoms with Crippen molar-refractivity contribution in [3.8, 4) is 0 Å². The Morgan fingerprint density at radius 2 is 0.864 bits per heavy atom. The van der Waals surface area contributed by atoms with Crippen molar-refractivity contribution in [3.63, 3.8) is 0 Å². The Hall–Kier alpha value is -8.36. The average Bonchev–Trinajstić information content (AvgIpc) is 0.799. The second-order valence-corrected chi connectivity index (χ2v) is 37.3. The number of ether oxygens (including phenoxy) is 2. The third-order valence-electron chi connectivity index (χ3n) is 23.1. The standard InChI is InChI=1S/C30H42N6O4.C17H27N3.C17H25N3.C13H17N3O5.C12H14BrN.C6H13N.B.Na.H2O.H/c1-20-7-12-25(22-8-10-24(11-9-22)35-15-13-34(6)14-16-35)36(19-20)28(38)27(37)32-23-17-21(2)26(31-18-23)33-29(39)40-30(3,4)5;2*1-14-3-8-17(18-13-14)15-4-6-16(7-5-15)20-11-9-19(2)10-12-20;1-7-5-8(15-10(17)11(18)19)6-14-9(7)16-12(20)21-13(2,3)4;1-9-2-7-12(14-8-9)10-3-5-11(13)6-4-10;1-7-5-3-2-4-6-7;;;;/h8-11,17-18,20,25H,7,12-16,19H2,1-6H3,(H,32,37)(H,31,33,39);4-7,14,17-18H,3,8-13H2,1-2H3;4-7,14H,3,8-13H2,1-2H3;5-6H,1-4H3,(H,15,17)(H,18,19)(H,14,16,20);3-6,9H,2,7-8H2,1H3;2-6H2,1H3;;;1H2;/q;;;;;;;+1;;-1/t20-,25+;14-,17+;;;;;;;;/m00......../s1. The van der Waals surface area contributed by atoms with Crippen molar-refractivity contribution >= 4 is 112 Å². The predicted octanol–water partition coefficient (Wildman–Crippen LogP) is 12.0. The molecule has 2 aromatic heterocycles. The molecule has 0 aliphatic carbocycles. The molecule has 4 aromatic carbocycles. The fourth-order valence-corrected chi connectivity index (χ4v) is 15.8. The number of halogens is 1. The third-order valence-corrected chi connectivity index (χ3v) is 23.6. The van der Waals surface area contributed by atoms with Crippen LogP contribution in [0.5, 0.6) is 0 Å². The zero-order chi connectivity index (χ0) is 88.2. The van der Waals surface area contributed by atoms with Gasteiger partial charge in [-0.2, -0.15) is 0 Å². The fourth-order valence-electron chi connectivity index (χ4n) is 15.5. The van der Waals surface area contributed by atoms with E-state index in [0.717, 1.165) is 139 Å². The second kappa shape index (κ2) is 51.6. The summed E-state index contributed by atoms with van der Waals surface area (Å²) in [4.78, 5) is 108. The number of amides is 5. The first-order chi connectivity index (χ1) is 58.1. The quantitative estimate of drug-likeness (QED) is 0.0519. The van der Waals surface area contributed by atoms with Crippen LogP contribution in [0.25, 0.3) is 0 Å². The number of piperidine rings is 3. The van der Waals surface area contributed by atoms with Gasteiger partial charge in [-0.15, -0.1) is 0 Å². The topological polar surface area (TPSA) is 309 Å². The normalized spacial score (nSPS) is 20.6. The van der Waals surface area contributed by atoms with E-state index in [1.165, 1.54) is 135 Å². The third kappa shape index (κ3) is 35.7. The van der Waals surface area contributed by atoms with E-state index in [1.54, 1.807) is 66.4 Å². The predicted molar refractivity (Wildman–Crippen MR) is 509 cm³/mol. The Labute approximate surface area is 778 Å². The Balaban J connectivity index is 0.000000283. The smallest absolute Gasteiger partial charge is 1.00 e. The van der Waals surface area contributed by atoms with Crippen LogP contribution >= 0.6 is 15.9 Å². The molecule has 8 N–H and O–H groups in total. The Morgan fingerprint density at radius 1 is 0.480 bits per heavy atom. The van der Waals surface area contributed by atoms with Crippen molar-refractivity contribution in [1.29, 1.82) is 0 Å². The summed E-state index contributed by atoms with van der Waals surface area (Å²) in [6.07, 6.45) is 14.9. The van der Waals surface area contributed by atoms with Crippen LogP contribution in [-0.4, -0.2) is 258 Å². The molecule has 6 saturated heterocycles. The van der Waals surface area contributed by atoms with Crippen molar-refractivity contribution in [2.45, 2.75) is 177 Å². The van der Waals surface area contributed by atoms with Gasteiger partial charge in [0.25, 0.3) is 0 Å². The number of carbonyl (C=O) groups is 6. The van der Waals surface area contributed by atoms with Crippen LogP contribution in [0.15, 0.2) is 136 Å². The number of anilines is 7. The van der Waals surface area contributed by atoms with E-state index in [2.05, 4.69) is 245 Å². The number of carboxylic acid groups (broad SMARTS) is 1. The summed E-state index contributed by atoms with van der Waals surface area (Å²) < 4.78 is 11.5. The molecule has 6 fully saturated rings. The minimum Gasteiger partial charge on any atom is -1.00 e. The molecule has 10 heterocycles. The molecule has 677 valence electrons. The molecule has 8 aliphatic heterocycles. The number of hydrogen-bond acceptors (Lipinski definition) is 20. The van der Waals surface area contributed by atoms with Gasteiger partial charge in [0.15, 0.2) is 0 Å². The van der Waals surface area contributed by atoms with E-state index in [4.69, 9.17) is 19.6 Å². The molecule has 30 heteroatoms. The van der Waals surface area contributed by atoms with Gasteiger partial charge in [0.05, 0.1) is 29.8 Å². The average molecular weight is 1790 g/mol. The van der Waals surface area contributed by atoms with Gasteiger partial charge in [0.1, 0.15) is 22.8 Å². The summed E-state index contributed by atoms with van der Waals surface area (Å²) in [6.45, 7) is 42.5. The molecule has 2 unspecified atom stereocenters. The van der Waals surface area contributed by atoms with Gasteiger partial charge in [0.2, 0.25) is 0 Å². The van der Waals surface area contributed by atoms with Crippen molar-refractivity contribution in [3.05, 3.63) is 159 Å².